The Labute approximate surface area is 117 Å². The van der Waals surface area contributed by atoms with Gasteiger partial charge in [-0.25, -0.2) is 0 Å². The minimum atomic E-state index is -0.0590. The molecule has 0 radical (unpaired) electrons. The molecule has 1 aromatic rings. The number of hydrogen-bond acceptors (Lipinski definition) is 3. The maximum Gasteiger partial charge on any atom is 0.224 e. The van der Waals surface area contributed by atoms with Crippen molar-refractivity contribution >= 4 is 23.2 Å². The first-order chi connectivity index (χ1) is 9.19. The fraction of sp³-hybridized carbons (Fsp3) is 0.429. The van der Waals surface area contributed by atoms with E-state index in [4.69, 9.17) is 21.6 Å². The fourth-order valence-corrected chi connectivity index (χ4v) is 2.29. The molecule has 4 nitrogen and oxygen atoms in total. The van der Waals surface area contributed by atoms with Crippen molar-refractivity contribution in [2.75, 3.05) is 11.9 Å². The summed E-state index contributed by atoms with van der Waals surface area (Å²) in [6.07, 6.45) is 3.52. The fourth-order valence-electron chi connectivity index (χ4n) is 2.07. The average Bonchev–Trinajstić information content (AvgIpc) is 2.90. The molecule has 19 heavy (non-hydrogen) atoms. The summed E-state index contributed by atoms with van der Waals surface area (Å²) >= 11 is 5.90. The first-order valence-corrected chi connectivity index (χ1v) is 6.68. The Morgan fingerprint density at radius 2 is 2.42 bits per heavy atom. The molecule has 1 atom stereocenters. The molecule has 0 aliphatic carbocycles. The molecule has 0 saturated carbocycles. The van der Waals surface area contributed by atoms with Crippen molar-refractivity contribution in [3.63, 3.8) is 0 Å². The molecule has 1 fully saturated rings. The van der Waals surface area contributed by atoms with Gasteiger partial charge in [0.05, 0.1) is 16.7 Å². The van der Waals surface area contributed by atoms with Gasteiger partial charge >= 0.3 is 0 Å². The highest BCUT2D eigenvalue weighted by molar-refractivity contribution is 6.32. The highest BCUT2D eigenvalue weighted by Crippen LogP contribution is 2.21. The Morgan fingerprint density at radius 1 is 1.58 bits per heavy atom. The maximum absolute atomic E-state index is 11.8. The Hall–Kier alpha value is -1.57. The first kappa shape index (κ1) is 13.9. The lowest BCUT2D eigenvalue weighted by atomic mass is 10.1. The number of amides is 1. The largest absolute Gasteiger partial charge is 0.378 e. The van der Waals surface area contributed by atoms with E-state index in [0.717, 1.165) is 25.9 Å². The van der Waals surface area contributed by atoms with Crippen LogP contribution in [0, 0.1) is 11.3 Å². The van der Waals surface area contributed by atoms with E-state index in [0.29, 0.717) is 22.7 Å². The zero-order chi connectivity index (χ0) is 13.7. The third kappa shape index (κ3) is 3.95. The molecule has 1 heterocycles. The number of benzene rings is 1. The average molecular weight is 279 g/mol. The summed E-state index contributed by atoms with van der Waals surface area (Å²) in [5.41, 5.74) is 1.01. The van der Waals surface area contributed by atoms with Gasteiger partial charge in [-0.15, -0.1) is 0 Å². The minimum Gasteiger partial charge on any atom is -0.378 e. The monoisotopic (exact) mass is 278 g/mol. The minimum absolute atomic E-state index is 0.0590. The maximum atomic E-state index is 11.8. The van der Waals surface area contributed by atoms with E-state index in [-0.39, 0.29) is 12.0 Å². The summed E-state index contributed by atoms with van der Waals surface area (Å²) < 4.78 is 5.47. The number of carbonyl (C=O) groups excluding carboxylic acids is 1. The molecular formula is C14H15ClN2O2. The normalized spacial score (nSPS) is 18.0. The van der Waals surface area contributed by atoms with Crippen LogP contribution in [-0.2, 0) is 9.53 Å². The number of anilines is 1. The molecule has 0 bridgehead atoms. The van der Waals surface area contributed by atoms with Crippen LogP contribution in [0.2, 0.25) is 5.02 Å². The van der Waals surface area contributed by atoms with Gasteiger partial charge in [-0.2, -0.15) is 5.26 Å². The molecule has 1 saturated heterocycles. The van der Waals surface area contributed by atoms with E-state index in [2.05, 4.69) is 5.32 Å². The molecule has 100 valence electrons. The van der Waals surface area contributed by atoms with Gasteiger partial charge in [0.15, 0.2) is 0 Å². The third-order valence-corrected chi connectivity index (χ3v) is 3.40. The van der Waals surface area contributed by atoms with E-state index in [9.17, 15) is 4.79 Å². The van der Waals surface area contributed by atoms with Crippen LogP contribution in [0.5, 0.6) is 0 Å². The number of nitrogens with zero attached hydrogens (tertiary/aromatic N) is 1. The molecule has 1 N–H and O–H groups in total. The summed E-state index contributed by atoms with van der Waals surface area (Å²) in [6, 6.07) is 6.83. The predicted molar refractivity (Wildman–Crippen MR) is 73.0 cm³/mol. The Kier molecular flexibility index (Phi) is 4.78. The van der Waals surface area contributed by atoms with Gasteiger partial charge in [0, 0.05) is 18.7 Å². The van der Waals surface area contributed by atoms with Gasteiger partial charge < -0.3 is 10.1 Å². The van der Waals surface area contributed by atoms with Crippen molar-refractivity contribution in [3.8, 4) is 6.07 Å². The quantitative estimate of drug-likeness (QED) is 0.920. The smallest absolute Gasteiger partial charge is 0.224 e. The molecule has 1 aromatic carbocycles. The number of ether oxygens (including phenoxy) is 1. The second kappa shape index (κ2) is 6.55. The third-order valence-electron chi connectivity index (χ3n) is 3.09. The lowest BCUT2D eigenvalue weighted by Gasteiger charge is -2.09. The highest BCUT2D eigenvalue weighted by Gasteiger charge is 2.16. The van der Waals surface area contributed by atoms with Crippen molar-refractivity contribution in [1.29, 1.82) is 5.26 Å². The summed E-state index contributed by atoms with van der Waals surface area (Å²) in [7, 11) is 0. The number of carbonyl (C=O) groups is 1. The highest BCUT2D eigenvalue weighted by atomic mass is 35.5. The molecule has 0 aromatic heterocycles. The van der Waals surface area contributed by atoms with E-state index in [1.54, 1.807) is 18.2 Å². The lowest BCUT2D eigenvalue weighted by molar-refractivity contribution is -0.116. The van der Waals surface area contributed by atoms with Crippen LogP contribution in [0.1, 0.15) is 31.2 Å². The van der Waals surface area contributed by atoms with Gasteiger partial charge in [0.2, 0.25) is 5.91 Å². The summed E-state index contributed by atoms with van der Waals surface area (Å²) in [4.78, 5) is 11.8. The SMILES string of the molecule is N#Cc1ccc(NC(=O)CCC2CCCO2)cc1Cl. The Bertz CT molecular complexity index is 505. The molecular weight excluding hydrogens is 264 g/mol. The number of nitriles is 1. The van der Waals surface area contributed by atoms with Crippen LogP contribution in [-0.4, -0.2) is 18.6 Å². The van der Waals surface area contributed by atoms with Gasteiger partial charge in [-0.3, -0.25) is 4.79 Å². The Morgan fingerprint density at radius 3 is 3.05 bits per heavy atom. The van der Waals surface area contributed by atoms with E-state index in [1.807, 2.05) is 6.07 Å². The van der Waals surface area contributed by atoms with E-state index < -0.39 is 0 Å². The topological polar surface area (TPSA) is 62.1 Å². The van der Waals surface area contributed by atoms with Crippen LogP contribution >= 0.6 is 11.6 Å². The summed E-state index contributed by atoms with van der Waals surface area (Å²) in [6.45, 7) is 0.803. The van der Waals surface area contributed by atoms with Gasteiger partial charge in [-0.05, 0) is 37.5 Å². The number of rotatable bonds is 4. The van der Waals surface area contributed by atoms with Gasteiger partial charge in [0.1, 0.15) is 6.07 Å². The van der Waals surface area contributed by atoms with Gasteiger partial charge in [0.25, 0.3) is 0 Å². The molecule has 2 rings (SSSR count). The molecule has 1 amide bonds. The van der Waals surface area contributed by atoms with Crippen molar-refractivity contribution in [2.45, 2.75) is 31.8 Å². The van der Waals surface area contributed by atoms with Crippen molar-refractivity contribution in [3.05, 3.63) is 28.8 Å². The van der Waals surface area contributed by atoms with Crippen molar-refractivity contribution in [2.24, 2.45) is 0 Å². The predicted octanol–water partition coefficient (Wildman–Crippen LogP) is 3.11. The molecule has 0 spiro atoms. The number of nitrogens with one attached hydrogen (secondary N) is 1. The first-order valence-electron chi connectivity index (χ1n) is 6.30. The van der Waals surface area contributed by atoms with Crippen LogP contribution < -0.4 is 5.32 Å². The number of halogens is 1. The molecule has 1 aliphatic heterocycles. The summed E-state index contributed by atoms with van der Waals surface area (Å²) in [5.74, 6) is -0.0590. The zero-order valence-electron chi connectivity index (χ0n) is 10.5. The van der Waals surface area contributed by atoms with E-state index >= 15 is 0 Å². The van der Waals surface area contributed by atoms with Gasteiger partial charge in [-0.1, -0.05) is 11.6 Å². The lowest BCUT2D eigenvalue weighted by Crippen LogP contribution is -2.15. The van der Waals surface area contributed by atoms with Crippen LogP contribution in [0.4, 0.5) is 5.69 Å². The number of hydrogen-bond donors (Lipinski definition) is 1. The molecule has 5 heteroatoms. The van der Waals surface area contributed by atoms with Crippen LogP contribution in [0.25, 0.3) is 0 Å². The standard InChI is InChI=1S/C14H15ClN2O2/c15-13-8-11(4-3-10(13)9-16)17-14(18)6-5-12-2-1-7-19-12/h3-4,8,12H,1-2,5-7H2,(H,17,18). The van der Waals surface area contributed by atoms with Crippen molar-refractivity contribution in [1.82, 2.24) is 0 Å². The summed E-state index contributed by atoms with van der Waals surface area (Å²) in [5, 5.41) is 11.9. The second-order valence-corrected chi connectivity index (χ2v) is 4.94. The molecule has 1 aliphatic rings. The Balaban J connectivity index is 1.84. The zero-order valence-corrected chi connectivity index (χ0v) is 11.2. The van der Waals surface area contributed by atoms with E-state index in [1.165, 1.54) is 0 Å². The van der Waals surface area contributed by atoms with Crippen LogP contribution in [0.3, 0.4) is 0 Å². The second-order valence-electron chi connectivity index (χ2n) is 4.53. The van der Waals surface area contributed by atoms with Crippen LogP contribution in [0.15, 0.2) is 18.2 Å². The molecule has 1 unspecified atom stereocenters. The van der Waals surface area contributed by atoms with Crippen molar-refractivity contribution < 1.29 is 9.53 Å².